The van der Waals surface area contributed by atoms with Crippen LogP contribution in [0.2, 0.25) is 0 Å². The van der Waals surface area contributed by atoms with Gasteiger partial charge in [-0.05, 0) is 54.9 Å². The largest absolute Gasteiger partial charge is 0.371 e. The van der Waals surface area contributed by atoms with Crippen LogP contribution in [0.4, 0.5) is 8.78 Å². The van der Waals surface area contributed by atoms with Crippen LogP contribution in [-0.4, -0.2) is 66.6 Å². The summed E-state index contributed by atoms with van der Waals surface area (Å²) in [6.45, 7) is 7.61. The van der Waals surface area contributed by atoms with Crippen molar-refractivity contribution in [1.29, 1.82) is 0 Å². The van der Waals surface area contributed by atoms with Crippen LogP contribution < -0.4 is 5.43 Å². The summed E-state index contributed by atoms with van der Waals surface area (Å²) in [5, 5.41) is 1.95. The van der Waals surface area contributed by atoms with E-state index in [2.05, 4.69) is 51.3 Å². The minimum absolute atomic E-state index is 0.435. The SMILES string of the molecule is C/C(=C\N=Cc1cccc(CN2NCC2=N/C=C/c2cc(F)cc(F)c2)c1)N1CCN(C)CC1. The fourth-order valence-corrected chi connectivity index (χ4v) is 3.83. The maximum absolute atomic E-state index is 13.3. The number of halogens is 2. The highest BCUT2D eigenvalue weighted by Gasteiger charge is 2.20. The number of hydrogen-bond acceptors (Lipinski definition) is 5. The average Bonchev–Trinajstić information content (AvgIpc) is 2.79. The van der Waals surface area contributed by atoms with Crippen LogP contribution in [0.25, 0.3) is 6.08 Å². The molecule has 0 aromatic heterocycles. The first-order valence-corrected chi connectivity index (χ1v) is 11.4. The van der Waals surface area contributed by atoms with Crippen molar-refractivity contribution in [3.05, 3.63) is 88.9 Å². The van der Waals surface area contributed by atoms with E-state index in [-0.39, 0.29) is 0 Å². The molecule has 2 aromatic carbocycles. The van der Waals surface area contributed by atoms with Crippen LogP contribution in [0.5, 0.6) is 0 Å². The van der Waals surface area contributed by atoms with Crippen LogP contribution in [-0.2, 0) is 6.54 Å². The van der Waals surface area contributed by atoms with E-state index in [0.717, 1.165) is 49.2 Å². The number of rotatable bonds is 7. The van der Waals surface area contributed by atoms with Crippen molar-refractivity contribution < 1.29 is 8.78 Å². The van der Waals surface area contributed by atoms with Crippen molar-refractivity contribution in [2.45, 2.75) is 13.5 Å². The molecule has 8 heteroatoms. The van der Waals surface area contributed by atoms with E-state index in [1.165, 1.54) is 17.8 Å². The molecule has 0 radical (unpaired) electrons. The van der Waals surface area contributed by atoms with Crippen molar-refractivity contribution in [2.24, 2.45) is 9.98 Å². The fourth-order valence-electron chi connectivity index (χ4n) is 3.83. The third-order valence-corrected chi connectivity index (χ3v) is 5.89. The predicted molar refractivity (Wildman–Crippen MR) is 133 cm³/mol. The lowest BCUT2D eigenvalue weighted by molar-refractivity contribution is 0.186. The Balaban J connectivity index is 1.33. The second kappa shape index (κ2) is 11.2. The lowest BCUT2D eigenvalue weighted by Crippen LogP contribution is -2.58. The summed E-state index contributed by atoms with van der Waals surface area (Å²) in [5.41, 5.74) is 7.00. The van der Waals surface area contributed by atoms with Crippen molar-refractivity contribution in [1.82, 2.24) is 20.2 Å². The number of likely N-dealkylation sites (N-methyl/N-ethyl adjacent to an activating group) is 1. The van der Waals surface area contributed by atoms with Gasteiger partial charge in [0.1, 0.15) is 17.5 Å². The summed E-state index contributed by atoms with van der Waals surface area (Å²) in [5.74, 6) is -0.349. The molecule has 1 N–H and O–H groups in total. The molecule has 0 amide bonds. The Morgan fingerprint density at radius 3 is 2.50 bits per heavy atom. The van der Waals surface area contributed by atoms with Gasteiger partial charge in [-0.3, -0.25) is 10.0 Å². The van der Waals surface area contributed by atoms with Gasteiger partial charge in [-0.2, -0.15) is 0 Å². The highest BCUT2D eigenvalue weighted by molar-refractivity contribution is 5.89. The van der Waals surface area contributed by atoms with Gasteiger partial charge in [-0.25, -0.2) is 19.2 Å². The number of nitrogens with zero attached hydrogens (tertiary/aromatic N) is 5. The first-order chi connectivity index (χ1) is 16.5. The molecule has 2 heterocycles. The van der Waals surface area contributed by atoms with Crippen molar-refractivity contribution in [3.63, 3.8) is 0 Å². The minimum atomic E-state index is -0.604. The van der Waals surface area contributed by atoms with Gasteiger partial charge in [0.05, 0.1) is 13.1 Å². The highest BCUT2D eigenvalue weighted by Crippen LogP contribution is 2.13. The maximum atomic E-state index is 13.3. The molecular formula is C26H30F2N6. The monoisotopic (exact) mass is 464 g/mol. The van der Waals surface area contributed by atoms with E-state index >= 15 is 0 Å². The van der Waals surface area contributed by atoms with Gasteiger partial charge in [-0.15, -0.1) is 0 Å². The molecule has 2 fully saturated rings. The van der Waals surface area contributed by atoms with Crippen molar-refractivity contribution in [3.8, 4) is 0 Å². The van der Waals surface area contributed by atoms with Gasteiger partial charge >= 0.3 is 0 Å². The molecule has 0 saturated carbocycles. The van der Waals surface area contributed by atoms with Gasteiger partial charge in [0.15, 0.2) is 0 Å². The van der Waals surface area contributed by atoms with Crippen LogP contribution in [0.1, 0.15) is 23.6 Å². The second-order valence-corrected chi connectivity index (χ2v) is 8.57. The number of nitrogens with one attached hydrogen (secondary N) is 1. The lowest BCUT2D eigenvalue weighted by Gasteiger charge is -2.35. The molecule has 4 rings (SSSR count). The van der Waals surface area contributed by atoms with E-state index in [1.807, 2.05) is 29.6 Å². The average molecular weight is 465 g/mol. The molecule has 6 nitrogen and oxygen atoms in total. The maximum Gasteiger partial charge on any atom is 0.134 e. The molecule has 0 spiro atoms. The standard InChI is InChI=1S/C26H30F2N6/c1-20(33-10-8-32(2)9-11-33)16-29-17-22-4-3-5-23(12-22)19-34-26(18-31-34)30-7-6-21-13-24(27)15-25(28)14-21/h3-7,12-17,31H,8-11,18-19H2,1-2H3/b7-6+,20-16+,29-17?,30-26?. The van der Waals surface area contributed by atoms with E-state index < -0.39 is 11.6 Å². The van der Waals surface area contributed by atoms with E-state index in [0.29, 0.717) is 18.7 Å². The van der Waals surface area contributed by atoms with Crippen LogP contribution in [0.3, 0.4) is 0 Å². The number of allylic oxidation sites excluding steroid dienone is 1. The molecule has 0 bridgehead atoms. The van der Waals surface area contributed by atoms with Crippen LogP contribution in [0.15, 0.2) is 70.5 Å². The second-order valence-electron chi connectivity index (χ2n) is 8.57. The van der Waals surface area contributed by atoms with Gasteiger partial charge in [-0.1, -0.05) is 18.2 Å². The molecule has 2 aliphatic rings. The summed E-state index contributed by atoms with van der Waals surface area (Å²) >= 11 is 0. The van der Waals surface area contributed by atoms with Gasteiger partial charge in [0.2, 0.25) is 0 Å². The Bertz CT molecular complexity index is 1100. The van der Waals surface area contributed by atoms with E-state index in [1.54, 1.807) is 12.3 Å². The first kappa shape index (κ1) is 23.8. The molecule has 0 atom stereocenters. The van der Waals surface area contributed by atoms with Gasteiger partial charge in [0, 0.05) is 56.6 Å². The predicted octanol–water partition coefficient (Wildman–Crippen LogP) is 3.88. The number of hydrogen-bond donors (Lipinski definition) is 1. The molecule has 0 unspecified atom stereocenters. The third kappa shape index (κ3) is 6.59. The van der Waals surface area contributed by atoms with Crippen molar-refractivity contribution in [2.75, 3.05) is 39.8 Å². The summed E-state index contributed by atoms with van der Waals surface area (Å²) in [6, 6.07) is 11.6. The van der Waals surface area contributed by atoms with Gasteiger partial charge < -0.3 is 9.80 Å². The zero-order valence-electron chi connectivity index (χ0n) is 19.6. The van der Waals surface area contributed by atoms with E-state index in [4.69, 9.17) is 0 Å². The minimum Gasteiger partial charge on any atom is -0.371 e. The molecule has 0 aliphatic carbocycles. The summed E-state index contributed by atoms with van der Waals surface area (Å²) in [7, 11) is 2.15. The molecule has 2 saturated heterocycles. The Morgan fingerprint density at radius 1 is 1.03 bits per heavy atom. The Labute approximate surface area is 199 Å². The Kier molecular flexibility index (Phi) is 7.82. The van der Waals surface area contributed by atoms with Crippen molar-refractivity contribution >= 4 is 18.1 Å². The molecule has 178 valence electrons. The Morgan fingerprint density at radius 2 is 1.79 bits per heavy atom. The first-order valence-electron chi connectivity index (χ1n) is 11.4. The van der Waals surface area contributed by atoms with Crippen LogP contribution >= 0.6 is 0 Å². The summed E-state index contributed by atoms with van der Waals surface area (Å²) in [4.78, 5) is 13.6. The number of piperazine rings is 1. The number of benzene rings is 2. The zero-order chi connectivity index (χ0) is 23.9. The lowest BCUT2D eigenvalue weighted by atomic mass is 10.1. The number of hydrazine groups is 1. The van der Waals surface area contributed by atoms with Crippen LogP contribution in [0, 0.1) is 11.6 Å². The highest BCUT2D eigenvalue weighted by atomic mass is 19.1. The zero-order valence-corrected chi connectivity index (χ0v) is 19.6. The quantitative estimate of drug-likeness (QED) is 0.632. The molecular weight excluding hydrogens is 434 g/mol. The van der Waals surface area contributed by atoms with E-state index in [9.17, 15) is 8.78 Å². The molecule has 2 aliphatic heterocycles. The normalized spacial score (nSPS) is 18.9. The van der Waals surface area contributed by atoms with Gasteiger partial charge in [0.25, 0.3) is 0 Å². The smallest absolute Gasteiger partial charge is 0.134 e. The fraction of sp³-hybridized carbons (Fsp3) is 0.308. The topological polar surface area (TPSA) is 46.5 Å². The third-order valence-electron chi connectivity index (χ3n) is 5.89. The summed E-state index contributed by atoms with van der Waals surface area (Å²) in [6.07, 6.45) is 6.96. The molecule has 2 aromatic rings. The number of aliphatic imine (C=N–C) groups is 2. The number of amidine groups is 1. The Hall–Kier alpha value is -3.36. The molecule has 34 heavy (non-hydrogen) atoms. The summed E-state index contributed by atoms with van der Waals surface area (Å²) < 4.78 is 26.6.